The lowest BCUT2D eigenvalue weighted by molar-refractivity contribution is -0.386. The summed E-state index contributed by atoms with van der Waals surface area (Å²) < 4.78 is 9.53. The average Bonchev–Trinajstić information content (AvgIpc) is 3.01. The highest BCUT2D eigenvalue weighted by atomic mass is 32.1. The summed E-state index contributed by atoms with van der Waals surface area (Å²) in [6, 6.07) is 1.62. The van der Waals surface area contributed by atoms with E-state index in [4.69, 9.17) is 4.52 Å². The quantitative estimate of drug-likeness (QED) is 0.488. The summed E-state index contributed by atoms with van der Waals surface area (Å²) in [5.41, 5.74) is 0.416. The van der Waals surface area contributed by atoms with Crippen LogP contribution in [-0.2, 0) is 4.74 Å². The third-order valence-corrected chi connectivity index (χ3v) is 3.41. The van der Waals surface area contributed by atoms with Gasteiger partial charge in [0.15, 0.2) is 5.69 Å². The van der Waals surface area contributed by atoms with Crippen molar-refractivity contribution in [3.8, 4) is 0 Å². The summed E-state index contributed by atoms with van der Waals surface area (Å²) in [6.45, 7) is 1.49. The van der Waals surface area contributed by atoms with E-state index in [-0.39, 0.29) is 17.1 Å². The Bertz CT molecular complexity index is 686. The van der Waals surface area contributed by atoms with E-state index >= 15 is 0 Å². The van der Waals surface area contributed by atoms with E-state index in [2.05, 4.69) is 9.89 Å². The fourth-order valence-electron chi connectivity index (χ4n) is 1.59. The minimum Gasteiger partial charge on any atom is -0.465 e. The van der Waals surface area contributed by atoms with E-state index in [1.54, 1.807) is 17.5 Å². The lowest BCUT2D eigenvalue weighted by Crippen LogP contribution is -2.00. The first kappa shape index (κ1) is 13.9. The number of hydrogen-bond donors (Lipinski definition) is 0. The molecular formula is C12H10N2O5S. The van der Waals surface area contributed by atoms with E-state index in [1.807, 2.05) is 0 Å². The van der Waals surface area contributed by atoms with Crippen LogP contribution in [0.25, 0.3) is 12.2 Å². The monoisotopic (exact) mass is 294 g/mol. The fourth-order valence-corrected chi connectivity index (χ4v) is 2.37. The molecule has 2 heterocycles. The lowest BCUT2D eigenvalue weighted by Gasteiger charge is -1.96. The predicted molar refractivity (Wildman–Crippen MR) is 72.5 cm³/mol. The highest BCUT2D eigenvalue weighted by Gasteiger charge is 2.22. The summed E-state index contributed by atoms with van der Waals surface area (Å²) >= 11 is 1.31. The first-order valence-corrected chi connectivity index (χ1v) is 6.37. The number of carbonyl (C=O) groups is 1. The molecular weight excluding hydrogens is 284 g/mol. The Kier molecular flexibility index (Phi) is 3.94. The highest BCUT2D eigenvalue weighted by molar-refractivity contribution is 7.11. The predicted octanol–water partition coefficient (Wildman–Crippen LogP) is 2.91. The van der Waals surface area contributed by atoms with Gasteiger partial charge in [0.05, 0.1) is 17.6 Å². The average molecular weight is 294 g/mol. The molecule has 0 unspecified atom stereocenters. The van der Waals surface area contributed by atoms with Crippen molar-refractivity contribution in [2.24, 2.45) is 0 Å². The summed E-state index contributed by atoms with van der Waals surface area (Å²) in [4.78, 5) is 22.4. The Hall–Kier alpha value is -2.48. The number of ether oxygens (including phenoxy) is 1. The van der Waals surface area contributed by atoms with Crippen LogP contribution in [0.5, 0.6) is 0 Å². The number of nitro groups is 1. The number of rotatable bonds is 4. The van der Waals surface area contributed by atoms with Crippen LogP contribution in [0, 0.1) is 17.0 Å². The van der Waals surface area contributed by atoms with Gasteiger partial charge in [0.25, 0.3) is 0 Å². The summed E-state index contributed by atoms with van der Waals surface area (Å²) in [7, 11) is 1.29. The van der Waals surface area contributed by atoms with Gasteiger partial charge >= 0.3 is 11.7 Å². The van der Waals surface area contributed by atoms with Gasteiger partial charge in [0.1, 0.15) is 0 Å². The van der Waals surface area contributed by atoms with Crippen molar-refractivity contribution in [1.29, 1.82) is 0 Å². The second kappa shape index (κ2) is 5.66. The molecule has 0 aliphatic heterocycles. The van der Waals surface area contributed by atoms with E-state index < -0.39 is 10.9 Å². The molecule has 2 aromatic heterocycles. The van der Waals surface area contributed by atoms with Crippen LogP contribution in [0.2, 0.25) is 0 Å². The number of methoxy groups -OCH3 is 1. The van der Waals surface area contributed by atoms with Crippen LogP contribution >= 0.6 is 11.3 Å². The number of aromatic nitrogens is 1. The Morgan fingerprint density at radius 1 is 1.55 bits per heavy atom. The van der Waals surface area contributed by atoms with Gasteiger partial charge in [0, 0.05) is 4.88 Å². The Balaban J connectivity index is 2.33. The molecule has 0 atom stereocenters. The van der Waals surface area contributed by atoms with E-state index in [9.17, 15) is 14.9 Å². The maximum atomic E-state index is 11.5. The maximum absolute atomic E-state index is 11.5. The van der Waals surface area contributed by atoms with Crippen molar-refractivity contribution in [2.45, 2.75) is 6.92 Å². The van der Waals surface area contributed by atoms with Crippen molar-refractivity contribution in [2.75, 3.05) is 7.11 Å². The van der Waals surface area contributed by atoms with Gasteiger partial charge in [-0.2, -0.15) is 0 Å². The maximum Gasteiger partial charge on any atom is 0.339 e. The van der Waals surface area contributed by atoms with Crippen molar-refractivity contribution in [3.05, 3.63) is 43.5 Å². The number of aryl methyl sites for hydroxylation is 1. The molecule has 0 aliphatic rings. The summed E-state index contributed by atoms with van der Waals surface area (Å²) in [6.07, 6.45) is 2.97. The van der Waals surface area contributed by atoms with Gasteiger partial charge in [0.2, 0.25) is 5.76 Å². The molecule has 20 heavy (non-hydrogen) atoms. The van der Waals surface area contributed by atoms with Gasteiger partial charge < -0.3 is 9.26 Å². The molecule has 0 aromatic carbocycles. The molecule has 0 N–H and O–H groups in total. The molecule has 0 saturated heterocycles. The molecule has 104 valence electrons. The molecule has 0 aliphatic carbocycles. The molecule has 0 saturated carbocycles. The largest absolute Gasteiger partial charge is 0.465 e. The molecule has 2 aromatic rings. The molecule has 0 amide bonds. The Morgan fingerprint density at radius 2 is 2.30 bits per heavy atom. The van der Waals surface area contributed by atoms with Gasteiger partial charge in [-0.3, -0.25) is 10.1 Å². The number of nitrogens with zero attached hydrogens (tertiary/aromatic N) is 2. The van der Waals surface area contributed by atoms with E-state index in [0.29, 0.717) is 10.4 Å². The van der Waals surface area contributed by atoms with Gasteiger partial charge in [-0.1, -0.05) is 5.16 Å². The van der Waals surface area contributed by atoms with Crippen LogP contribution in [-0.4, -0.2) is 23.2 Å². The molecule has 0 bridgehead atoms. The van der Waals surface area contributed by atoms with Crippen LogP contribution in [0.3, 0.4) is 0 Å². The number of thiophene rings is 1. The zero-order valence-electron chi connectivity index (χ0n) is 10.7. The highest BCUT2D eigenvalue weighted by Crippen LogP contribution is 2.26. The van der Waals surface area contributed by atoms with Gasteiger partial charge in [-0.25, -0.2) is 4.79 Å². The van der Waals surface area contributed by atoms with Crippen LogP contribution in [0.15, 0.2) is 16.0 Å². The third kappa shape index (κ3) is 2.59. The van der Waals surface area contributed by atoms with E-state index in [0.717, 1.165) is 0 Å². The molecule has 0 radical (unpaired) electrons. The van der Waals surface area contributed by atoms with E-state index in [1.165, 1.54) is 31.4 Å². The molecule has 2 rings (SSSR count). The minimum atomic E-state index is -0.554. The Morgan fingerprint density at radius 3 is 2.95 bits per heavy atom. The smallest absolute Gasteiger partial charge is 0.339 e. The van der Waals surface area contributed by atoms with Crippen molar-refractivity contribution in [3.63, 3.8) is 0 Å². The second-order valence-corrected chi connectivity index (χ2v) is 4.71. The first-order valence-electron chi connectivity index (χ1n) is 5.49. The van der Waals surface area contributed by atoms with Crippen molar-refractivity contribution >= 4 is 35.1 Å². The molecule has 0 fully saturated rings. The fraction of sp³-hybridized carbons (Fsp3) is 0.167. The zero-order chi connectivity index (χ0) is 14.7. The lowest BCUT2D eigenvalue weighted by atomic mass is 10.2. The summed E-state index contributed by atoms with van der Waals surface area (Å²) in [5, 5.41) is 16.2. The first-order chi connectivity index (χ1) is 9.54. The third-order valence-electron chi connectivity index (χ3n) is 2.53. The molecule has 0 spiro atoms. The molecule has 8 heteroatoms. The van der Waals surface area contributed by atoms with Crippen molar-refractivity contribution in [1.82, 2.24) is 5.16 Å². The number of hydrogen-bond acceptors (Lipinski definition) is 7. The zero-order valence-corrected chi connectivity index (χ0v) is 11.5. The topological polar surface area (TPSA) is 95.5 Å². The van der Waals surface area contributed by atoms with Crippen LogP contribution in [0.4, 0.5) is 5.69 Å². The van der Waals surface area contributed by atoms with Gasteiger partial charge in [-0.15, -0.1) is 11.3 Å². The van der Waals surface area contributed by atoms with Crippen LogP contribution in [0.1, 0.15) is 26.7 Å². The molecule has 7 nitrogen and oxygen atoms in total. The second-order valence-electron chi connectivity index (χ2n) is 3.76. The van der Waals surface area contributed by atoms with Crippen molar-refractivity contribution < 1.29 is 19.0 Å². The standard InChI is InChI=1S/C12H10N2O5S/c1-7-11(14(16)17)9(19-13-7)3-4-10-8(5-6-20-10)12(15)18-2/h3-6H,1-2H3/b4-3+. The van der Waals surface area contributed by atoms with Crippen LogP contribution < -0.4 is 0 Å². The number of carbonyl (C=O) groups excluding carboxylic acids is 1. The normalized spacial score (nSPS) is 10.9. The SMILES string of the molecule is COC(=O)c1ccsc1/C=C/c1onc(C)c1[N+](=O)[O-]. The van der Waals surface area contributed by atoms with Gasteiger partial charge in [-0.05, 0) is 30.5 Å². The minimum absolute atomic E-state index is 0.0386. The Labute approximate surface area is 117 Å². The summed E-state index contributed by atoms with van der Waals surface area (Å²) in [5.74, 6) is -0.425. The number of esters is 1.